The molecule has 0 saturated heterocycles. The summed E-state index contributed by atoms with van der Waals surface area (Å²) in [7, 11) is 1.61. The molecule has 0 fully saturated rings. The van der Waals surface area contributed by atoms with E-state index in [1.54, 1.807) is 19.2 Å². The minimum absolute atomic E-state index is 0.0802. The van der Waals surface area contributed by atoms with Crippen LogP contribution in [-0.2, 0) is 0 Å². The Balaban J connectivity index is 1.85. The van der Waals surface area contributed by atoms with Crippen LogP contribution in [0, 0.1) is 0 Å². The Bertz CT molecular complexity index is 786. The van der Waals surface area contributed by atoms with Gasteiger partial charge in [0.05, 0.1) is 13.2 Å². The van der Waals surface area contributed by atoms with Gasteiger partial charge >= 0.3 is 0 Å². The number of ether oxygens (including phenoxy) is 2. The molecule has 0 saturated carbocycles. The molecule has 1 aromatic carbocycles. The van der Waals surface area contributed by atoms with E-state index in [-0.39, 0.29) is 6.10 Å². The Morgan fingerprint density at radius 2 is 2.00 bits per heavy atom. The van der Waals surface area contributed by atoms with E-state index in [2.05, 4.69) is 25.9 Å². The van der Waals surface area contributed by atoms with Gasteiger partial charge in [0.25, 0.3) is 0 Å². The van der Waals surface area contributed by atoms with Crippen molar-refractivity contribution in [2.45, 2.75) is 20.0 Å². The second-order valence-electron chi connectivity index (χ2n) is 4.90. The molecular weight excluding hydrogens is 284 g/mol. The van der Waals surface area contributed by atoms with Gasteiger partial charge in [0.1, 0.15) is 0 Å². The quantitative estimate of drug-likeness (QED) is 0.771. The van der Waals surface area contributed by atoms with Gasteiger partial charge in [-0.1, -0.05) is 0 Å². The summed E-state index contributed by atoms with van der Waals surface area (Å²) in [5, 5.41) is 18.6. The molecule has 0 amide bonds. The predicted molar refractivity (Wildman–Crippen MR) is 80.6 cm³/mol. The van der Waals surface area contributed by atoms with Crippen LogP contribution < -0.4 is 14.8 Å². The summed E-state index contributed by atoms with van der Waals surface area (Å²) in [6.45, 7) is 3.94. The van der Waals surface area contributed by atoms with E-state index in [9.17, 15) is 0 Å². The molecule has 0 bridgehead atoms. The zero-order valence-corrected chi connectivity index (χ0v) is 12.5. The Morgan fingerprint density at radius 1 is 1.14 bits per heavy atom. The fourth-order valence-corrected chi connectivity index (χ4v) is 1.96. The number of fused-ring (bicyclic) bond motifs is 1. The van der Waals surface area contributed by atoms with Crippen LogP contribution in [0.3, 0.4) is 0 Å². The highest BCUT2D eigenvalue weighted by Gasteiger charge is 2.08. The van der Waals surface area contributed by atoms with Crippen molar-refractivity contribution in [1.82, 2.24) is 25.3 Å². The minimum Gasteiger partial charge on any atom is -0.493 e. The van der Waals surface area contributed by atoms with Crippen molar-refractivity contribution in [1.29, 1.82) is 0 Å². The molecule has 8 heteroatoms. The molecule has 0 aliphatic carbocycles. The van der Waals surface area contributed by atoms with Gasteiger partial charge in [-0.15, -0.1) is 14.8 Å². The summed E-state index contributed by atoms with van der Waals surface area (Å²) >= 11 is 0. The second-order valence-corrected chi connectivity index (χ2v) is 4.90. The summed E-state index contributed by atoms with van der Waals surface area (Å²) in [4.78, 5) is 0. The standard InChI is InChI=1S/C14H16N6O2/c1-9(2)22-11-5-4-10(8-12(11)21-3)15-13-6-7-14-16-18-19-20(14)17-13/h4-9H,1-3H3,(H,15,17). The fraction of sp³-hybridized carbons (Fsp3) is 0.286. The van der Waals surface area contributed by atoms with Gasteiger partial charge in [-0.05, 0) is 48.5 Å². The first-order valence-corrected chi connectivity index (χ1v) is 6.83. The van der Waals surface area contributed by atoms with Crippen LogP contribution in [0.5, 0.6) is 11.5 Å². The maximum absolute atomic E-state index is 5.69. The highest BCUT2D eigenvalue weighted by Crippen LogP contribution is 2.31. The molecule has 2 aromatic heterocycles. The molecular formula is C14H16N6O2. The van der Waals surface area contributed by atoms with Crippen molar-refractivity contribution in [3.63, 3.8) is 0 Å². The summed E-state index contributed by atoms with van der Waals surface area (Å²) in [5.74, 6) is 1.98. The zero-order valence-electron chi connectivity index (χ0n) is 12.5. The molecule has 2 heterocycles. The zero-order chi connectivity index (χ0) is 15.5. The fourth-order valence-electron chi connectivity index (χ4n) is 1.96. The van der Waals surface area contributed by atoms with E-state index in [0.717, 1.165) is 5.69 Å². The summed E-state index contributed by atoms with van der Waals surface area (Å²) in [6.07, 6.45) is 0.0802. The lowest BCUT2D eigenvalue weighted by atomic mass is 10.2. The van der Waals surface area contributed by atoms with Crippen molar-refractivity contribution in [2.24, 2.45) is 0 Å². The Kier molecular flexibility index (Phi) is 3.73. The Labute approximate surface area is 127 Å². The van der Waals surface area contributed by atoms with E-state index in [1.807, 2.05) is 32.0 Å². The van der Waals surface area contributed by atoms with Crippen LogP contribution in [-0.4, -0.2) is 38.5 Å². The SMILES string of the molecule is COc1cc(Nc2ccc3nnnn3n2)ccc1OC(C)C. The van der Waals surface area contributed by atoms with Gasteiger partial charge in [-0.25, -0.2) is 0 Å². The predicted octanol–water partition coefficient (Wildman–Crippen LogP) is 2.06. The van der Waals surface area contributed by atoms with Crippen molar-refractivity contribution in [2.75, 3.05) is 12.4 Å². The van der Waals surface area contributed by atoms with Gasteiger partial charge < -0.3 is 14.8 Å². The molecule has 0 aliphatic heterocycles. The van der Waals surface area contributed by atoms with Crippen molar-refractivity contribution >= 4 is 17.2 Å². The van der Waals surface area contributed by atoms with Crippen molar-refractivity contribution in [3.05, 3.63) is 30.3 Å². The van der Waals surface area contributed by atoms with Crippen LogP contribution in [0.25, 0.3) is 5.65 Å². The first-order valence-electron chi connectivity index (χ1n) is 6.83. The molecule has 0 atom stereocenters. The van der Waals surface area contributed by atoms with Gasteiger partial charge in [0.2, 0.25) is 0 Å². The summed E-state index contributed by atoms with van der Waals surface area (Å²) < 4.78 is 12.4. The normalized spacial score (nSPS) is 10.9. The number of hydrogen-bond acceptors (Lipinski definition) is 7. The van der Waals surface area contributed by atoms with Gasteiger partial charge in [-0.3, -0.25) is 0 Å². The molecule has 3 rings (SSSR count). The molecule has 114 valence electrons. The van der Waals surface area contributed by atoms with Gasteiger partial charge in [0.15, 0.2) is 23.0 Å². The largest absolute Gasteiger partial charge is 0.493 e. The first kappa shape index (κ1) is 14.1. The molecule has 0 unspecified atom stereocenters. The first-order chi connectivity index (χ1) is 10.7. The number of anilines is 2. The number of benzene rings is 1. The number of hydrogen-bond donors (Lipinski definition) is 1. The number of aromatic nitrogens is 5. The number of methoxy groups -OCH3 is 1. The van der Waals surface area contributed by atoms with Crippen LogP contribution in [0.2, 0.25) is 0 Å². The highest BCUT2D eigenvalue weighted by atomic mass is 16.5. The number of rotatable bonds is 5. The number of tetrazole rings is 1. The topological polar surface area (TPSA) is 86.5 Å². The van der Waals surface area contributed by atoms with E-state index in [4.69, 9.17) is 9.47 Å². The maximum atomic E-state index is 5.69. The minimum atomic E-state index is 0.0802. The molecule has 0 spiro atoms. The van der Waals surface area contributed by atoms with E-state index in [1.165, 1.54) is 4.63 Å². The Hall–Kier alpha value is -2.90. The lowest BCUT2D eigenvalue weighted by Crippen LogP contribution is -2.07. The third-order valence-electron chi connectivity index (χ3n) is 2.87. The molecule has 0 radical (unpaired) electrons. The van der Waals surface area contributed by atoms with E-state index in [0.29, 0.717) is 23.0 Å². The second kappa shape index (κ2) is 5.84. The third-order valence-corrected chi connectivity index (χ3v) is 2.87. The van der Waals surface area contributed by atoms with Crippen LogP contribution in [0.15, 0.2) is 30.3 Å². The number of nitrogens with one attached hydrogen (secondary N) is 1. The summed E-state index contributed by atoms with van der Waals surface area (Å²) in [5.41, 5.74) is 1.41. The Morgan fingerprint density at radius 3 is 2.77 bits per heavy atom. The van der Waals surface area contributed by atoms with Crippen LogP contribution >= 0.6 is 0 Å². The number of nitrogens with zero attached hydrogens (tertiary/aromatic N) is 5. The van der Waals surface area contributed by atoms with Gasteiger partial charge in [-0.2, -0.15) is 0 Å². The molecule has 22 heavy (non-hydrogen) atoms. The molecule has 8 nitrogen and oxygen atoms in total. The molecule has 3 aromatic rings. The monoisotopic (exact) mass is 300 g/mol. The maximum Gasteiger partial charge on any atom is 0.200 e. The average Bonchev–Trinajstić information content (AvgIpc) is 2.96. The molecule has 1 N–H and O–H groups in total. The van der Waals surface area contributed by atoms with Crippen molar-refractivity contribution < 1.29 is 9.47 Å². The van der Waals surface area contributed by atoms with Crippen LogP contribution in [0.1, 0.15) is 13.8 Å². The van der Waals surface area contributed by atoms with Crippen molar-refractivity contribution in [3.8, 4) is 11.5 Å². The lowest BCUT2D eigenvalue weighted by molar-refractivity contribution is 0.230. The third kappa shape index (κ3) is 2.90. The summed E-state index contributed by atoms with van der Waals surface area (Å²) in [6, 6.07) is 9.19. The van der Waals surface area contributed by atoms with Gasteiger partial charge in [0, 0.05) is 11.8 Å². The average molecular weight is 300 g/mol. The highest BCUT2D eigenvalue weighted by molar-refractivity contribution is 5.61. The lowest BCUT2D eigenvalue weighted by Gasteiger charge is -2.15. The van der Waals surface area contributed by atoms with E-state index < -0.39 is 0 Å². The van der Waals surface area contributed by atoms with E-state index >= 15 is 0 Å². The molecule has 0 aliphatic rings. The smallest absolute Gasteiger partial charge is 0.200 e. The van der Waals surface area contributed by atoms with Crippen LogP contribution in [0.4, 0.5) is 11.5 Å².